The lowest BCUT2D eigenvalue weighted by Gasteiger charge is -2.34. The second-order valence-electron chi connectivity index (χ2n) is 6.06. The first-order valence-electron chi connectivity index (χ1n) is 8.14. The van der Waals surface area contributed by atoms with Crippen LogP contribution >= 0.6 is 11.8 Å². The van der Waals surface area contributed by atoms with Crippen molar-refractivity contribution in [2.24, 2.45) is 0 Å². The number of nitrogens with one attached hydrogen (secondary N) is 1. The van der Waals surface area contributed by atoms with Gasteiger partial charge in [-0.15, -0.1) is 0 Å². The molecular formula is C18H24N4S. The summed E-state index contributed by atoms with van der Waals surface area (Å²) in [5, 5.41) is 4.48. The normalized spacial score (nSPS) is 15.8. The van der Waals surface area contributed by atoms with Crippen molar-refractivity contribution < 1.29 is 0 Å². The number of piperidine rings is 1. The minimum absolute atomic E-state index is 0.580. The van der Waals surface area contributed by atoms with Gasteiger partial charge in [0.2, 0.25) is 0 Å². The maximum atomic E-state index is 4.32. The van der Waals surface area contributed by atoms with Crippen LogP contribution in [0.5, 0.6) is 0 Å². The summed E-state index contributed by atoms with van der Waals surface area (Å²) in [5.74, 6) is 0. The molecule has 0 amide bonds. The maximum absolute atomic E-state index is 4.32. The van der Waals surface area contributed by atoms with E-state index in [-0.39, 0.29) is 0 Å². The Hall–Kier alpha value is -1.59. The Labute approximate surface area is 142 Å². The fourth-order valence-electron chi connectivity index (χ4n) is 2.97. The van der Waals surface area contributed by atoms with Crippen LogP contribution in [0.3, 0.4) is 0 Å². The summed E-state index contributed by atoms with van der Waals surface area (Å²) >= 11 is 1.57. The van der Waals surface area contributed by atoms with Gasteiger partial charge in [0.15, 0.2) is 5.16 Å². The number of thioether (sulfide) groups is 1. The fourth-order valence-corrected chi connectivity index (χ4v) is 3.28. The number of rotatable bonds is 5. The van der Waals surface area contributed by atoms with E-state index >= 15 is 0 Å². The van der Waals surface area contributed by atoms with Crippen LogP contribution in [0.15, 0.2) is 41.8 Å². The van der Waals surface area contributed by atoms with Crippen LogP contribution < -0.4 is 10.2 Å². The van der Waals surface area contributed by atoms with Gasteiger partial charge in [0, 0.05) is 49.3 Å². The molecule has 5 heteroatoms. The second kappa shape index (κ2) is 7.79. The molecular weight excluding hydrogens is 304 g/mol. The fraction of sp³-hybridized carbons (Fsp3) is 0.444. The summed E-state index contributed by atoms with van der Waals surface area (Å²) in [7, 11) is 0. The lowest BCUT2D eigenvalue weighted by molar-refractivity contribution is 0.413. The average molecular weight is 328 g/mol. The van der Waals surface area contributed by atoms with Gasteiger partial charge < -0.3 is 10.2 Å². The van der Waals surface area contributed by atoms with Gasteiger partial charge in [-0.1, -0.05) is 23.9 Å². The molecule has 0 radical (unpaired) electrons. The summed E-state index contributed by atoms with van der Waals surface area (Å²) in [4.78, 5) is 11.1. The molecule has 2 aromatic rings. The second-order valence-corrected chi connectivity index (χ2v) is 6.83. The molecule has 1 fully saturated rings. The van der Waals surface area contributed by atoms with Crippen molar-refractivity contribution in [2.75, 3.05) is 24.2 Å². The van der Waals surface area contributed by atoms with E-state index in [0.717, 1.165) is 30.4 Å². The zero-order chi connectivity index (χ0) is 16.1. The van der Waals surface area contributed by atoms with Gasteiger partial charge in [-0.2, -0.15) is 0 Å². The van der Waals surface area contributed by atoms with Crippen LogP contribution in [0.2, 0.25) is 0 Å². The van der Waals surface area contributed by atoms with Crippen molar-refractivity contribution >= 4 is 17.4 Å². The van der Waals surface area contributed by atoms with Gasteiger partial charge in [0.25, 0.3) is 0 Å². The number of nitrogens with zero attached hydrogens (tertiary/aromatic N) is 3. The third-order valence-electron chi connectivity index (χ3n) is 4.32. The number of anilines is 1. The highest BCUT2D eigenvalue weighted by atomic mass is 32.2. The van der Waals surface area contributed by atoms with Crippen molar-refractivity contribution in [3.63, 3.8) is 0 Å². The molecule has 122 valence electrons. The van der Waals surface area contributed by atoms with E-state index in [1.165, 1.54) is 24.1 Å². The SMILES string of the molecule is CSc1ncc(CNC2CCN(c3cccc(C)c3)CC2)cn1. The number of aromatic nitrogens is 2. The zero-order valence-electron chi connectivity index (χ0n) is 13.8. The molecule has 23 heavy (non-hydrogen) atoms. The predicted molar refractivity (Wildman–Crippen MR) is 97.1 cm³/mol. The Bertz CT molecular complexity index is 621. The topological polar surface area (TPSA) is 41.1 Å². The first-order chi connectivity index (χ1) is 11.2. The van der Waals surface area contributed by atoms with E-state index in [9.17, 15) is 0 Å². The molecule has 1 aromatic heterocycles. The van der Waals surface area contributed by atoms with Crippen LogP contribution in [0, 0.1) is 6.92 Å². The van der Waals surface area contributed by atoms with E-state index in [1.54, 1.807) is 11.8 Å². The minimum atomic E-state index is 0.580. The van der Waals surface area contributed by atoms with Crippen molar-refractivity contribution in [3.05, 3.63) is 47.8 Å². The Morgan fingerprint density at radius 3 is 2.61 bits per heavy atom. The van der Waals surface area contributed by atoms with Crippen molar-refractivity contribution in [2.45, 2.75) is 37.5 Å². The molecule has 0 bridgehead atoms. The van der Waals surface area contributed by atoms with Crippen LogP contribution in [-0.4, -0.2) is 35.4 Å². The molecule has 0 spiro atoms. The molecule has 3 rings (SSSR count). The Morgan fingerprint density at radius 1 is 1.22 bits per heavy atom. The molecule has 1 saturated heterocycles. The zero-order valence-corrected chi connectivity index (χ0v) is 14.6. The molecule has 0 unspecified atom stereocenters. The highest BCUT2D eigenvalue weighted by Gasteiger charge is 2.19. The smallest absolute Gasteiger partial charge is 0.187 e. The molecule has 0 aliphatic carbocycles. The molecule has 0 saturated carbocycles. The lowest BCUT2D eigenvalue weighted by Crippen LogP contribution is -2.42. The van der Waals surface area contributed by atoms with Gasteiger partial charge in [0.1, 0.15) is 0 Å². The van der Waals surface area contributed by atoms with Crippen LogP contribution in [0.25, 0.3) is 0 Å². The van der Waals surface area contributed by atoms with Crippen molar-refractivity contribution in [1.29, 1.82) is 0 Å². The van der Waals surface area contributed by atoms with E-state index in [2.05, 4.69) is 51.4 Å². The Balaban J connectivity index is 1.47. The first kappa shape index (κ1) is 16.3. The van der Waals surface area contributed by atoms with Gasteiger partial charge in [-0.25, -0.2) is 9.97 Å². The Morgan fingerprint density at radius 2 is 1.96 bits per heavy atom. The standard InChI is InChI=1S/C18H24N4S/c1-14-4-3-5-17(10-14)22-8-6-16(7-9-22)19-11-15-12-20-18(23-2)21-13-15/h3-5,10,12-13,16,19H,6-9,11H2,1-2H3. The molecule has 1 aromatic carbocycles. The lowest BCUT2D eigenvalue weighted by atomic mass is 10.0. The first-order valence-corrected chi connectivity index (χ1v) is 9.37. The Kier molecular flexibility index (Phi) is 5.51. The van der Waals surface area contributed by atoms with Gasteiger partial charge >= 0.3 is 0 Å². The average Bonchev–Trinajstić information content (AvgIpc) is 2.61. The highest BCUT2D eigenvalue weighted by Crippen LogP contribution is 2.21. The van der Waals surface area contributed by atoms with E-state index in [1.807, 2.05) is 18.6 Å². The van der Waals surface area contributed by atoms with Crippen molar-refractivity contribution in [1.82, 2.24) is 15.3 Å². The van der Waals surface area contributed by atoms with Gasteiger partial charge in [-0.3, -0.25) is 0 Å². The number of benzene rings is 1. The van der Waals surface area contributed by atoms with E-state index in [0.29, 0.717) is 6.04 Å². The number of hydrogen-bond donors (Lipinski definition) is 1. The van der Waals surface area contributed by atoms with E-state index < -0.39 is 0 Å². The molecule has 0 atom stereocenters. The van der Waals surface area contributed by atoms with Gasteiger partial charge in [0.05, 0.1) is 0 Å². The van der Waals surface area contributed by atoms with Crippen LogP contribution in [0.4, 0.5) is 5.69 Å². The monoisotopic (exact) mass is 328 g/mol. The molecule has 1 aliphatic heterocycles. The largest absolute Gasteiger partial charge is 0.371 e. The third-order valence-corrected chi connectivity index (χ3v) is 4.90. The molecule has 1 N–H and O–H groups in total. The quantitative estimate of drug-likeness (QED) is 0.674. The predicted octanol–water partition coefficient (Wildman–Crippen LogP) is 3.27. The molecule has 2 heterocycles. The number of hydrogen-bond acceptors (Lipinski definition) is 5. The summed E-state index contributed by atoms with van der Waals surface area (Å²) in [6.45, 7) is 5.23. The summed E-state index contributed by atoms with van der Waals surface area (Å²) in [6, 6.07) is 9.37. The highest BCUT2D eigenvalue weighted by molar-refractivity contribution is 7.98. The molecule has 1 aliphatic rings. The van der Waals surface area contributed by atoms with Crippen LogP contribution in [-0.2, 0) is 6.54 Å². The third kappa shape index (κ3) is 4.45. The summed E-state index contributed by atoms with van der Waals surface area (Å²) in [5.41, 5.74) is 3.84. The number of aryl methyl sites for hydroxylation is 1. The van der Waals surface area contributed by atoms with Gasteiger partial charge in [-0.05, 0) is 43.7 Å². The summed E-state index contributed by atoms with van der Waals surface area (Å²) < 4.78 is 0. The van der Waals surface area contributed by atoms with Crippen LogP contribution in [0.1, 0.15) is 24.0 Å². The van der Waals surface area contributed by atoms with Crippen molar-refractivity contribution in [3.8, 4) is 0 Å². The van der Waals surface area contributed by atoms with E-state index in [4.69, 9.17) is 0 Å². The minimum Gasteiger partial charge on any atom is -0.371 e. The maximum Gasteiger partial charge on any atom is 0.187 e. The summed E-state index contributed by atoms with van der Waals surface area (Å²) in [6.07, 6.45) is 8.20. The molecule has 4 nitrogen and oxygen atoms in total.